The Balaban J connectivity index is 1.19. The molecule has 0 fully saturated rings. The molecule has 0 N–H and O–H groups in total. The molecule has 2 aliphatic heterocycles. The van der Waals surface area contributed by atoms with E-state index in [4.69, 9.17) is 4.42 Å². The quantitative estimate of drug-likeness (QED) is 0.164. The van der Waals surface area contributed by atoms with Gasteiger partial charge in [-0.25, -0.2) is 0 Å². The number of rotatable bonds is 5. The molecule has 12 rings (SSSR count). The zero-order valence-electron chi connectivity index (χ0n) is 31.6. The number of hydrogen-bond acceptors (Lipinski definition) is 3. The van der Waals surface area contributed by atoms with Gasteiger partial charge >= 0.3 is 0 Å². The van der Waals surface area contributed by atoms with Crippen molar-refractivity contribution in [2.75, 3.05) is 9.80 Å². The summed E-state index contributed by atoms with van der Waals surface area (Å²) >= 11 is 0. The van der Waals surface area contributed by atoms with Crippen molar-refractivity contribution < 1.29 is 4.42 Å². The summed E-state index contributed by atoms with van der Waals surface area (Å²) in [6, 6.07) is 77.0. The Kier molecular flexibility index (Phi) is 7.33. The van der Waals surface area contributed by atoms with E-state index in [1.807, 2.05) is 6.07 Å². The standard InChI is InChI=1S/C54H35BN2O/c1-4-17-36(18-5-1)40-24-14-25-41(37-19-6-2-7-20-37)53(40)57-48-34-33-38(42-26-15-27-44-43-23-10-13-32-51(43)58-54(42)44)35-46(48)55-45-28-11-12-29-47(45)56(39-21-8-3-9-22-39)49-30-16-31-50(57)52(49)55/h1-35H. The minimum Gasteiger partial charge on any atom is -0.455 e. The fraction of sp³-hybridized carbons (Fsp3) is 0. The lowest BCUT2D eigenvalue weighted by Gasteiger charge is -2.45. The van der Waals surface area contributed by atoms with E-state index < -0.39 is 0 Å². The van der Waals surface area contributed by atoms with Crippen LogP contribution in [-0.2, 0) is 0 Å². The number of anilines is 6. The molecule has 58 heavy (non-hydrogen) atoms. The second kappa shape index (κ2) is 13.0. The molecular weight excluding hydrogens is 703 g/mol. The summed E-state index contributed by atoms with van der Waals surface area (Å²) in [5.41, 5.74) is 19.6. The van der Waals surface area contributed by atoms with Crippen LogP contribution in [0.5, 0.6) is 0 Å². The van der Waals surface area contributed by atoms with Gasteiger partial charge in [0.15, 0.2) is 0 Å². The molecule has 9 aromatic carbocycles. The van der Waals surface area contributed by atoms with Crippen LogP contribution in [-0.4, -0.2) is 6.71 Å². The summed E-state index contributed by atoms with van der Waals surface area (Å²) in [5.74, 6) is 0. The highest BCUT2D eigenvalue weighted by molar-refractivity contribution is 7.00. The molecule has 4 heteroatoms. The van der Waals surface area contributed by atoms with Gasteiger partial charge in [-0.3, -0.25) is 0 Å². The largest absolute Gasteiger partial charge is 0.455 e. The molecule has 0 aliphatic carbocycles. The summed E-state index contributed by atoms with van der Waals surface area (Å²) in [5, 5.41) is 2.26. The number of furan rings is 1. The van der Waals surface area contributed by atoms with Gasteiger partial charge in [-0.05, 0) is 75.5 Å². The molecule has 0 radical (unpaired) electrons. The zero-order chi connectivity index (χ0) is 38.2. The number of benzene rings is 9. The Labute approximate surface area is 337 Å². The molecule has 270 valence electrons. The van der Waals surface area contributed by atoms with Crippen molar-refractivity contribution in [3.8, 4) is 33.4 Å². The maximum absolute atomic E-state index is 6.64. The van der Waals surface area contributed by atoms with Crippen LogP contribution in [0, 0.1) is 0 Å². The summed E-state index contributed by atoms with van der Waals surface area (Å²) in [7, 11) is 0. The highest BCUT2D eigenvalue weighted by Gasteiger charge is 2.44. The predicted molar refractivity (Wildman–Crippen MR) is 244 cm³/mol. The van der Waals surface area contributed by atoms with Crippen molar-refractivity contribution >= 4 is 79.2 Å². The molecule has 0 atom stereocenters. The maximum atomic E-state index is 6.64. The molecule has 0 bridgehead atoms. The minimum absolute atomic E-state index is 0.0208. The lowest BCUT2D eigenvalue weighted by atomic mass is 9.33. The summed E-state index contributed by atoms with van der Waals surface area (Å²) in [6.45, 7) is -0.0208. The molecule has 0 saturated carbocycles. The molecule has 0 unspecified atom stereocenters. The first kappa shape index (κ1) is 32.7. The second-order valence-corrected chi connectivity index (χ2v) is 15.2. The summed E-state index contributed by atoms with van der Waals surface area (Å²) < 4.78 is 6.64. The SMILES string of the molecule is c1ccc(-c2cccc(-c3ccccc3)c2N2c3ccc(-c4cccc5c4oc4ccccc45)cc3B3c4ccccc4N(c4ccccc4)c4cccc2c43)cc1. The average molecular weight is 739 g/mol. The monoisotopic (exact) mass is 738 g/mol. The van der Waals surface area contributed by atoms with Crippen LogP contribution < -0.4 is 26.2 Å². The predicted octanol–water partition coefficient (Wildman–Crippen LogP) is 12.7. The molecule has 1 aromatic heterocycles. The van der Waals surface area contributed by atoms with Crippen molar-refractivity contribution in [1.29, 1.82) is 0 Å². The lowest BCUT2D eigenvalue weighted by molar-refractivity contribution is 0.670. The molecule has 2 aliphatic rings. The van der Waals surface area contributed by atoms with E-state index in [9.17, 15) is 0 Å². The Morgan fingerprint density at radius 3 is 1.67 bits per heavy atom. The summed E-state index contributed by atoms with van der Waals surface area (Å²) in [6.07, 6.45) is 0. The van der Waals surface area contributed by atoms with Crippen LogP contribution in [0.3, 0.4) is 0 Å². The zero-order valence-corrected chi connectivity index (χ0v) is 31.6. The van der Waals surface area contributed by atoms with Crippen LogP contribution >= 0.6 is 0 Å². The van der Waals surface area contributed by atoms with E-state index in [1.165, 1.54) is 61.4 Å². The lowest BCUT2D eigenvalue weighted by Crippen LogP contribution is -2.61. The fourth-order valence-corrected chi connectivity index (χ4v) is 9.61. The van der Waals surface area contributed by atoms with E-state index in [-0.39, 0.29) is 6.71 Å². The minimum atomic E-state index is -0.0208. The first-order valence-corrected chi connectivity index (χ1v) is 20.0. The van der Waals surface area contributed by atoms with Crippen LogP contribution in [0.2, 0.25) is 0 Å². The molecule has 0 saturated heterocycles. The van der Waals surface area contributed by atoms with Gasteiger partial charge < -0.3 is 14.2 Å². The third-order valence-electron chi connectivity index (χ3n) is 12.1. The molecule has 10 aromatic rings. The Bertz CT molecular complexity index is 3140. The average Bonchev–Trinajstić information content (AvgIpc) is 3.69. The molecule has 0 spiro atoms. The second-order valence-electron chi connectivity index (χ2n) is 15.2. The number of para-hydroxylation sites is 5. The van der Waals surface area contributed by atoms with Crippen molar-refractivity contribution in [1.82, 2.24) is 0 Å². The Morgan fingerprint density at radius 1 is 0.362 bits per heavy atom. The van der Waals surface area contributed by atoms with Crippen molar-refractivity contribution in [2.24, 2.45) is 0 Å². The third kappa shape index (κ3) is 4.88. The molecule has 3 heterocycles. The number of nitrogens with zero attached hydrogens (tertiary/aromatic N) is 2. The van der Waals surface area contributed by atoms with Crippen molar-refractivity contribution in [3.05, 3.63) is 212 Å². The smallest absolute Gasteiger partial charge is 0.252 e. The highest BCUT2D eigenvalue weighted by Crippen LogP contribution is 2.50. The van der Waals surface area contributed by atoms with Crippen LogP contribution in [0.4, 0.5) is 34.1 Å². The van der Waals surface area contributed by atoms with Gasteiger partial charge in [0.1, 0.15) is 11.2 Å². The Morgan fingerprint density at radius 2 is 0.914 bits per heavy atom. The van der Waals surface area contributed by atoms with E-state index >= 15 is 0 Å². The Hall–Kier alpha value is -7.56. The van der Waals surface area contributed by atoms with E-state index in [0.29, 0.717) is 0 Å². The molecule has 0 amide bonds. The first-order chi connectivity index (χ1) is 28.8. The summed E-state index contributed by atoms with van der Waals surface area (Å²) in [4.78, 5) is 5.01. The van der Waals surface area contributed by atoms with Gasteiger partial charge in [0.2, 0.25) is 0 Å². The maximum Gasteiger partial charge on any atom is 0.252 e. The normalized spacial score (nSPS) is 12.7. The van der Waals surface area contributed by atoms with E-state index in [2.05, 4.69) is 216 Å². The van der Waals surface area contributed by atoms with Gasteiger partial charge in [0.25, 0.3) is 6.71 Å². The van der Waals surface area contributed by atoms with Gasteiger partial charge in [-0.1, -0.05) is 170 Å². The van der Waals surface area contributed by atoms with Crippen LogP contribution in [0.1, 0.15) is 0 Å². The third-order valence-corrected chi connectivity index (χ3v) is 12.1. The molecule has 3 nitrogen and oxygen atoms in total. The van der Waals surface area contributed by atoms with E-state index in [0.717, 1.165) is 44.4 Å². The van der Waals surface area contributed by atoms with Gasteiger partial charge in [0.05, 0.1) is 5.69 Å². The van der Waals surface area contributed by atoms with Crippen molar-refractivity contribution in [3.63, 3.8) is 0 Å². The van der Waals surface area contributed by atoms with E-state index in [1.54, 1.807) is 0 Å². The van der Waals surface area contributed by atoms with Crippen molar-refractivity contribution in [2.45, 2.75) is 0 Å². The van der Waals surface area contributed by atoms with Crippen LogP contribution in [0.25, 0.3) is 55.3 Å². The molecular formula is C54H35BN2O. The fourth-order valence-electron chi connectivity index (χ4n) is 9.61. The highest BCUT2D eigenvalue weighted by atomic mass is 16.3. The van der Waals surface area contributed by atoms with Gasteiger partial charge in [0, 0.05) is 55.9 Å². The van der Waals surface area contributed by atoms with Crippen LogP contribution in [0.15, 0.2) is 217 Å². The number of fused-ring (bicyclic) bond motifs is 7. The first-order valence-electron chi connectivity index (χ1n) is 20.0. The number of hydrogen-bond donors (Lipinski definition) is 0. The van der Waals surface area contributed by atoms with Gasteiger partial charge in [-0.2, -0.15) is 0 Å². The topological polar surface area (TPSA) is 19.6 Å². The van der Waals surface area contributed by atoms with Gasteiger partial charge in [-0.15, -0.1) is 0 Å².